The smallest absolute Gasteiger partial charge is 0.306 e. The van der Waals surface area contributed by atoms with Crippen LogP contribution in [0.3, 0.4) is 0 Å². The Labute approximate surface area is 598 Å². The van der Waals surface area contributed by atoms with E-state index in [0.717, 1.165) is 51.4 Å². The molecule has 9 heteroatoms. The summed E-state index contributed by atoms with van der Waals surface area (Å²) in [6, 6.07) is 0. The lowest BCUT2D eigenvalue weighted by Crippen LogP contribution is -2.44. The van der Waals surface area contributed by atoms with Gasteiger partial charge in [-0.3, -0.25) is 9.59 Å². The van der Waals surface area contributed by atoms with Gasteiger partial charge >= 0.3 is 11.9 Å². The van der Waals surface area contributed by atoms with Crippen LogP contribution in [-0.4, -0.2) is 82.3 Å². The van der Waals surface area contributed by atoms with Crippen LogP contribution in [0.2, 0.25) is 0 Å². The predicted octanol–water partition coefficient (Wildman–Crippen LogP) is 26.1. The van der Waals surface area contributed by atoms with Crippen LogP contribution in [0.4, 0.5) is 0 Å². The normalized spacial score (nSPS) is 12.7. The number of nitrogens with zero attached hydrogens (tertiary/aromatic N) is 1. The van der Waals surface area contributed by atoms with E-state index < -0.39 is 24.3 Å². The zero-order chi connectivity index (χ0) is 69.7. The molecule has 0 spiro atoms. The minimum Gasteiger partial charge on any atom is -0.545 e. The molecule has 0 heterocycles. The summed E-state index contributed by atoms with van der Waals surface area (Å²) in [5.74, 6) is -2.24. The molecule has 2 atom stereocenters. The third-order valence-corrected chi connectivity index (χ3v) is 19.6. The first-order valence-electron chi connectivity index (χ1n) is 42.6. The average molecular weight is 1350 g/mol. The number of hydrogen-bond acceptors (Lipinski definition) is 8. The highest BCUT2D eigenvalue weighted by Crippen LogP contribution is 2.21. The second-order valence-electron chi connectivity index (χ2n) is 30.5. The number of quaternary nitrogens is 1. The van der Waals surface area contributed by atoms with Crippen molar-refractivity contribution in [3.05, 3.63) is 36.5 Å². The quantitative estimate of drug-likeness (QED) is 0.0195. The Morgan fingerprint density at radius 3 is 0.833 bits per heavy atom. The molecule has 96 heavy (non-hydrogen) atoms. The Kier molecular flexibility index (Phi) is 76.2. The van der Waals surface area contributed by atoms with Crippen LogP contribution in [0.25, 0.3) is 0 Å². The number of aliphatic carboxylic acids is 1. The highest BCUT2D eigenvalue weighted by Gasteiger charge is 2.22. The number of carboxylic acids is 1. The number of esters is 2. The highest BCUT2D eigenvalue weighted by molar-refractivity contribution is 5.70. The molecule has 0 aliphatic rings. The van der Waals surface area contributed by atoms with Gasteiger partial charge in [-0.1, -0.05) is 416 Å². The Morgan fingerprint density at radius 1 is 0.312 bits per heavy atom. The molecule has 0 N–H and O–H groups in total. The number of likely N-dealkylation sites (N-methyl/N-ethyl adjacent to an activating group) is 1. The predicted molar refractivity (Wildman–Crippen MR) is 413 cm³/mol. The molecule has 0 saturated carbocycles. The summed E-state index contributed by atoms with van der Waals surface area (Å²) in [5, 5.41) is 11.9. The van der Waals surface area contributed by atoms with E-state index in [9.17, 15) is 19.5 Å². The summed E-state index contributed by atoms with van der Waals surface area (Å²) in [5.41, 5.74) is 0. The number of ether oxygens (including phenoxy) is 4. The zero-order valence-electron chi connectivity index (χ0n) is 65.0. The van der Waals surface area contributed by atoms with Crippen LogP contribution in [0.1, 0.15) is 444 Å². The number of allylic oxidation sites excluding steroid dienone is 6. The summed E-state index contributed by atoms with van der Waals surface area (Å²) in [6.07, 6.45) is 98.7. The van der Waals surface area contributed by atoms with Crippen LogP contribution < -0.4 is 5.11 Å². The number of carbonyl (C=O) groups is 3. The van der Waals surface area contributed by atoms with Gasteiger partial charge in [-0.25, -0.2) is 0 Å². The molecule has 0 aromatic heterocycles. The Morgan fingerprint density at radius 2 is 0.562 bits per heavy atom. The van der Waals surface area contributed by atoms with Gasteiger partial charge in [0.1, 0.15) is 13.2 Å². The fourth-order valence-corrected chi connectivity index (χ4v) is 13.1. The van der Waals surface area contributed by atoms with Gasteiger partial charge in [0.2, 0.25) is 0 Å². The zero-order valence-corrected chi connectivity index (χ0v) is 65.0. The lowest BCUT2D eigenvalue weighted by Gasteiger charge is -2.26. The second-order valence-corrected chi connectivity index (χ2v) is 30.5. The summed E-state index contributed by atoms with van der Waals surface area (Å²) < 4.78 is 22.9. The van der Waals surface area contributed by atoms with Crippen LogP contribution in [0, 0.1) is 0 Å². The van der Waals surface area contributed by atoms with Gasteiger partial charge in [0.05, 0.1) is 40.3 Å². The standard InChI is InChI=1S/C87H165NO8/c1-6-8-10-12-14-16-18-20-22-24-26-28-30-32-34-36-38-40-42-43-44-46-48-50-52-54-56-58-60-62-64-66-68-70-72-74-76-78-85(90)96-83(82-95-87(86(91)92)93-80-79-88(3,4)5)81-94-84(89)77-75-73-71-69-67-65-63-61-59-57-55-53-51-49-47-45-41-39-37-35-33-31-29-27-25-23-21-19-17-15-13-11-9-7-2/h18,20,24,26,30,32,83,87H,6-17,19,21-23,25,27-29,31,33-82H2,1-5H3/b20-18-,26-24-,32-30-. The number of carbonyl (C=O) groups excluding carboxylic acids is 3. The summed E-state index contributed by atoms with van der Waals surface area (Å²) in [6.45, 7) is 4.83. The molecule has 0 aliphatic heterocycles. The molecule has 0 aromatic carbocycles. The maximum absolute atomic E-state index is 13.0. The van der Waals surface area contributed by atoms with E-state index in [4.69, 9.17) is 18.9 Å². The van der Waals surface area contributed by atoms with Crippen molar-refractivity contribution in [1.82, 2.24) is 0 Å². The third kappa shape index (κ3) is 78.8. The fourth-order valence-electron chi connectivity index (χ4n) is 13.1. The van der Waals surface area contributed by atoms with E-state index >= 15 is 0 Å². The number of rotatable bonds is 81. The monoisotopic (exact) mass is 1350 g/mol. The number of hydrogen-bond donors (Lipinski definition) is 0. The second kappa shape index (κ2) is 78.2. The first kappa shape index (κ1) is 93.5. The van der Waals surface area contributed by atoms with Crippen molar-refractivity contribution < 1.29 is 42.9 Å². The van der Waals surface area contributed by atoms with Gasteiger partial charge in [0.25, 0.3) is 0 Å². The molecule has 0 aliphatic carbocycles. The van der Waals surface area contributed by atoms with Crippen LogP contribution in [0.15, 0.2) is 36.5 Å². The van der Waals surface area contributed by atoms with Crippen molar-refractivity contribution in [2.75, 3.05) is 47.5 Å². The molecule has 0 bridgehead atoms. The van der Waals surface area contributed by atoms with Crippen LogP contribution in [0.5, 0.6) is 0 Å². The van der Waals surface area contributed by atoms with Crippen molar-refractivity contribution in [2.45, 2.75) is 456 Å². The van der Waals surface area contributed by atoms with Crippen molar-refractivity contribution in [2.24, 2.45) is 0 Å². The molecular formula is C87H165NO8. The molecule has 0 fully saturated rings. The minimum absolute atomic E-state index is 0.152. The van der Waals surface area contributed by atoms with Gasteiger partial charge in [-0.05, 0) is 51.4 Å². The summed E-state index contributed by atoms with van der Waals surface area (Å²) in [4.78, 5) is 37.6. The maximum atomic E-state index is 13.0. The van der Waals surface area contributed by atoms with E-state index in [1.54, 1.807) is 0 Å². The van der Waals surface area contributed by atoms with E-state index in [2.05, 4.69) is 50.3 Å². The molecule has 9 nitrogen and oxygen atoms in total. The van der Waals surface area contributed by atoms with Crippen LogP contribution >= 0.6 is 0 Å². The largest absolute Gasteiger partial charge is 0.545 e. The van der Waals surface area contributed by atoms with E-state index in [-0.39, 0.29) is 32.2 Å². The lowest BCUT2D eigenvalue weighted by atomic mass is 10.0. The SMILES string of the molecule is CCCCCCC/C=C\C/C=C\C/C=C\CCCCCCCCCCCCCCCCCCCCCCCCC(=O)OC(COC(=O)CCCCCCCCCCCCCCCCCCCCCCCCCCCCCCCCCCCC)COC(OCC[N+](C)(C)C)C(=O)[O-]. The molecule has 0 amide bonds. The van der Waals surface area contributed by atoms with Crippen molar-refractivity contribution in [3.63, 3.8) is 0 Å². The van der Waals surface area contributed by atoms with Crippen molar-refractivity contribution in [1.29, 1.82) is 0 Å². The van der Waals surface area contributed by atoms with Gasteiger partial charge in [-0.2, -0.15) is 0 Å². The van der Waals surface area contributed by atoms with Gasteiger partial charge in [0.15, 0.2) is 12.4 Å². The van der Waals surface area contributed by atoms with Gasteiger partial charge < -0.3 is 33.3 Å². The molecule has 0 aromatic rings. The highest BCUT2D eigenvalue weighted by atomic mass is 16.7. The van der Waals surface area contributed by atoms with Crippen molar-refractivity contribution >= 4 is 17.9 Å². The third-order valence-electron chi connectivity index (χ3n) is 19.6. The lowest BCUT2D eigenvalue weighted by molar-refractivity contribution is -0.870. The number of carboxylic acid groups (broad SMARTS) is 1. The van der Waals surface area contributed by atoms with E-state index in [0.29, 0.717) is 17.4 Å². The fraction of sp³-hybridized carbons (Fsp3) is 0.897. The van der Waals surface area contributed by atoms with Gasteiger partial charge in [0, 0.05) is 12.8 Å². The topological polar surface area (TPSA) is 111 Å². The number of unbranched alkanes of at least 4 members (excludes halogenated alkanes) is 60. The average Bonchev–Trinajstić information content (AvgIpc) is 2.74. The van der Waals surface area contributed by atoms with Crippen LogP contribution in [-0.2, 0) is 33.3 Å². The molecule has 2 unspecified atom stereocenters. The Hall–Kier alpha value is -2.49. The van der Waals surface area contributed by atoms with E-state index in [1.165, 1.54) is 366 Å². The Balaban J connectivity index is 3.93. The van der Waals surface area contributed by atoms with E-state index in [1.807, 2.05) is 21.1 Å². The molecule has 0 radical (unpaired) electrons. The first-order chi connectivity index (χ1) is 47.1. The first-order valence-corrected chi connectivity index (χ1v) is 42.6. The minimum atomic E-state index is -1.62. The maximum Gasteiger partial charge on any atom is 0.306 e. The van der Waals surface area contributed by atoms with Crippen molar-refractivity contribution in [3.8, 4) is 0 Å². The summed E-state index contributed by atoms with van der Waals surface area (Å²) in [7, 11) is 5.96. The Bertz CT molecular complexity index is 1670. The molecule has 566 valence electrons. The summed E-state index contributed by atoms with van der Waals surface area (Å²) >= 11 is 0. The molecular weight excluding hydrogens is 1190 g/mol. The van der Waals surface area contributed by atoms with Gasteiger partial charge in [-0.15, -0.1) is 0 Å². The molecule has 0 saturated heterocycles. The molecule has 0 rings (SSSR count).